The van der Waals surface area contributed by atoms with Crippen molar-refractivity contribution >= 4 is 0 Å². The maximum Gasteiger partial charge on any atom is 0.441 e. The largest absolute Gasteiger partial charge is 0.441 e. The van der Waals surface area contributed by atoms with Gasteiger partial charge in [-0.3, -0.25) is 14.1 Å². The molecule has 2 aromatic rings. The third-order valence-corrected chi connectivity index (χ3v) is 3.36. The Balaban J connectivity index is 1.65. The first-order chi connectivity index (χ1) is 10.3. The Morgan fingerprint density at radius 1 is 1.43 bits per heavy atom. The lowest BCUT2D eigenvalue weighted by molar-refractivity contribution is -0.163. The van der Waals surface area contributed by atoms with Crippen LogP contribution in [-0.2, 0) is 16.0 Å². The van der Waals surface area contributed by atoms with Gasteiger partial charge >= 0.3 is 5.76 Å². The first-order valence-corrected chi connectivity index (χ1v) is 7.05. The SMILES string of the molecule is O=c1onc(-c2cccnc2)n1CCO[C@@H]1CCCCO1. The molecular weight excluding hydrogens is 274 g/mol. The fourth-order valence-electron chi connectivity index (χ4n) is 2.29. The van der Waals surface area contributed by atoms with Crippen LogP contribution < -0.4 is 5.76 Å². The molecule has 2 aromatic heterocycles. The Bertz CT molecular complexity index is 617. The lowest BCUT2D eigenvalue weighted by Crippen LogP contribution is -2.26. The molecule has 112 valence electrons. The van der Waals surface area contributed by atoms with Crippen molar-refractivity contribution in [2.45, 2.75) is 32.1 Å². The van der Waals surface area contributed by atoms with Crippen molar-refractivity contribution in [2.24, 2.45) is 0 Å². The van der Waals surface area contributed by atoms with E-state index in [-0.39, 0.29) is 6.29 Å². The molecule has 0 amide bonds. The molecule has 1 fully saturated rings. The van der Waals surface area contributed by atoms with Crippen LogP contribution in [0.4, 0.5) is 0 Å². The predicted octanol–water partition coefficient (Wildman–Crippen LogP) is 1.44. The third kappa shape index (κ3) is 3.37. The molecule has 7 nitrogen and oxygen atoms in total. The van der Waals surface area contributed by atoms with E-state index in [2.05, 4.69) is 10.1 Å². The van der Waals surface area contributed by atoms with Crippen LogP contribution in [-0.4, -0.2) is 34.2 Å². The van der Waals surface area contributed by atoms with Gasteiger partial charge in [0.1, 0.15) is 0 Å². The van der Waals surface area contributed by atoms with Crippen molar-refractivity contribution < 1.29 is 14.0 Å². The van der Waals surface area contributed by atoms with Crippen LogP contribution in [0.3, 0.4) is 0 Å². The molecule has 1 aliphatic heterocycles. The maximum absolute atomic E-state index is 11.7. The van der Waals surface area contributed by atoms with Crippen LogP contribution in [0.2, 0.25) is 0 Å². The van der Waals surface area contributed by atoms with Crippen molar-refractivity contribution in [3.8, 4) is 11.4 Å². The van der Waals surface area contributed by atoms with Crippen molar-refractivity contribution in [3.05, 3.63) is 35.1 Å². The number of rotatable bonds is 5. The summed E-state index contributed by atoms with van der Waals surface area (Å²) in [6.45, 7) is 1.48. The highest BCUT2D eigenvalue weighted by Gasteiger charge is 2.16. The molecule has 1 atom stereocenters. The minimum atomic E-state index is -0.498. The molecule has 0 aromatic carbocycles. The van der Waals surface area contributed by atoms with Gasteiger partial charge < -0.3 is 9.47 Å². The Labute approximate surface area is 121 Å². The normalized spacial score (nSPS) is 18.8. The Morgan fingerprint density at radius 3 is 3.14 bits per heavy atom. The zero-order chi connectivity index (χ0) is 14.5. The molecule has 1 saturated heterocycles. The summed E-state index contributed by atoms with van der Waals surface area (Å²) in [7, 11) is 0. The number of hydrogen-bond donors (Lipinski definition) is 0. The van der Waals surface area contributed by atoms with Gasteiger partial charge in [-0.2, -0.15) is 0 Å². The van der Waals surface area contributed by atoms with Crippen molar-refractivity contribution in [1.29, 1.82) is 0 Å². The van der Waals surface area contributed by atoms with Crippen LogP contribution in [0.5, 0.6) is 0 Å². The smallest absolute Gasteiger partial charge is 0.353 e. The number of aromatic nitrogens is 3. The molecule has 0 spiro atoms. The van der Waals surface area contributed by atoms with Crippen LogP contribution in [0.25, 0.3) is 11.4 Å². The van der Waals surface area contributed by atoms with Gasteiger partial charge in [0, 0.05) is 24.6 Å². The lowest BCUT2D eigenvalue weighted by Gasteiger charge is -2.22. The fourth-order valence-corrected chi connectivity index (χ4v) is 2.29. The number of nitrogens with zero attached hydrogens (tertiary/aromatic N) is 3. The summed E-state index contributed by atoms with van der Waals surface area (Å²) in [5, 5.41) is 3.80. The Morgan fingerprint density at radius 2 is 2.38 bits per heavy atom. The van der Waals surface area contributed by atoms with E-state index in [1.54, 1.807) is 18.5 Å². The molecule has 0 radical (unpaired) electrons. The molecular formula is C14H17N3O4. The number of pyridine rings is 1. The van der Waals surface area contributed by atoms with Crippen LogP contribution in [0.1, 0.15) is 19.3 Å². The van der Waals surface area contributed by atoms with Crippen LogP contribution in [0, 0.1) is 0 Å². The van der Waals surface area contributed by atoms with Crippen molar-refractivity contribution in [2.75, 3.05) is 13.2 Å². The molecule has 0 saturated carbocycles. The topological polar surface area (TPSA) is 79.4 Å². The number of hydrogen-bond acceptors (Lipinski definition) is 6. The van der Waals surface area contributed by atoms with Gasteiger partial charge in [-0.25, -0.2) is 4.79 Å². The molecule has 0 unspecified atom stereocenters. The second kappa shape index (κ2) is 6.64. The fraction of sp³-hybridized carbons (Fsp3) is 0.500. The van der Waals surface area contributed by atoms with Crippen molar-refractivity contribution in [1.82, 2.24) is 14.7 Å². The average Bonchev–Trinajstić information content (AvgIpc) is 2.91. The van der Waals surface area contributed by atoms with E-state index in [1.165, 1.54) is 4.57 Å². The van der Waals surface area contributed by atoms with Gasteiger partial charge in [0.25, 0.3) is 0 Å². The van der Waals surface area contributed by atoms with E-state index < -0.39 is 5.76 Å². The molecule has 1 aliphatic rings. The summed E-state index contributed by atoms with van der Waals surface area (Å²) < 4.78 is 17.3. The highest BCUT2D eigenvalue weighted by Crippen LogP contribution is 2.15. The number of ether oxygens (including phenoxy) is 2. The highest BCUT2D eigenvalue weighted by molar-refractivity contribution is 5.52. The first kappa shape index (κ1) is 14.0. The van der Waals surface area contributed by atoms with Gasteiger partial charge in [0.2, 0.25) is 0 Å². The van der Waals surface area contributed by atoms with Gasteiger partial charge in [-0.1, -0.05) is 5.16 Å². The van der Waals surface area contributed by atoms with E-state index in [1.807, 2.05) is 6.07 Å². The molecule has 7 heteroatoms. The second-order valence-corrected chi connectivity index (χ2v) is 4.83. The van der Waals surface area contributed by atoms with Crippen molar-refractivity contribution in [3.63, 3.8) is 0 Å². The standard InChI is InChI=1S/C14H17N3O4/c18-14-17(7-9-20-12-5-1-2-8-19-12)13(16-21-14)11-4-3-6-15-10-11/h3-4,6,10,12H,1-2,5,7-9H2/t12-/m1/s1. The monoisotopic (exact) mass is 291 g/mol. The van der Waals surface area contributed by atoms with Gasteiger partial charge in [0.15, 0.2) is 12.1 Å². The van der Waals surface area contributed by atoms with E-state index in [9.17, 15) is 4.79 Å². The quantitative estimate of drug-likeness (QED) is 0.829. The Kier molecular flexibility index (Phi) is 4.42. The lowest BCUT2D eigenvalue weighted by atomic mass is 10.2. The maximum atomic E-state index is 11.7. The van der Waals surface area contributed by atoms with E-state index in [0.29, 0.717) is 19.0 Å². The van der Waals surface area contributed by atoms with E-state index in [0.717, 1.165) is 31.4 Å². The van der Waals surface area contributed by atoms with E-state index >= 15 is 0 Å². The zero-order valence-corrected chi connectivity index (χ0v) is 11.6. The summed E-state index contributed by atoms with van der Waals surface area (Å²) in [5.74, 6) is -0.0386. The van der Waals surface area contributed by atoms with E-state index in [4.69, 9.17) is 14.0 Å². The first-order valence-electron chi connectivity index (χ1n) is 7.05. The zero-order valence-electron chi connectivity index (χ0n) is 11.6. The summed E-state index contributed by atoms with van der Waals surface area (Å²) in [4.78, 5) is 15.7. The third-order valence-electron chi connectivity index (χ3n) is 3.36. The van der Waals surface area contributed by atoms with Gasteiger partial charge in [-0.05, 0) is 31.4 Å². The molecule has 0 aliphatic carbocycles. The molecule has 21 heavy (non-hydrogen) atoms. The highest BCUT2D eigenvalue weighted by atomic mass is 16.7. The Hall–Kier alpha value is -1.99. The second-order valence-electron chi connectivity index (χ2n) is 4.83. The minimum absolute atomic E-state index is 0.170. The predicted molar refractivity (Wildman–Crippen MR) is 73.5 cm³/mol. The van der Waals surface area contributed by atoms with Gasteiger partial charge in [-0.15, -0.1) is 0 Å². The summed E-state index contributed by atoms with van der Waals surface area (Å²) in [5.41, 5.74) is 0.734. The van der Waals surface area contributed by atoms with Crippen LogP contribution >= 0.6 is 0 Å². The van der Waals surface area contributed by atoms with Gasteiger partial charge in [0.05, 0.1) is 13.2 Å². The molecule has 0 bridgehead atoms. The summed E-state index contributed by atoms with van der Waals surface area (Å²) >= 11 is 0. The molecule has 3 rings (SSSR count). The van der Waals surface area contributed by atoms with Crippen LogP contribution in [0.15, 0.2) is 33.8 Å². The average molecular weight is 291 g/mol. The summed E-state index contributed by atoms with van der Waals surface area (Å²) in [6.07, 6.45) is 6.22. The summed E-state index contributed by atoms with van der Waals surface area (Å²) in [6, 6.07) is 3.61. The molecule has 3 heterocycles. The molecule has 0 N–H and O–H groups in total. The minimum Gasteiger partial charge on any atom is -0.353 e.